The van der Waals surface area contributed by atoms with Crippen molar-refractivity contribution in [1.82, 2.24) is 4.98 Å². The lowest BCUT2D eigenvalue weighted by molar-refractivity contribution is 0.315. The molecule has 0 saturated heterocycles. The summed E-state index contributed by atoms with van der Waals surface area (Å²) in [5, 5.41) is 0. The average Bonchev–Trinajstić information content (AvgIpc) is 2.15. The highest BCUT2D eigenvalue weighted by Crippen LogP contribution is 2.15. The summed E-state index contributed by atoms with van der Waals surface area (Å²) in [6.45, 7) is 2.69. The van der Waals surface area contributed by atoms with Crippen LogP contribution in [0.15, 0.2) is 18.5 Å². The van der Waals surface area contributed by atoms with E-state index in [2.05, 4.69) is 4.98 Å². The number of hydrogen-bond acceptors (Lipinski definition) is 3. The Balaban J connectivity index is 2.84. The van der Waals surface area contributed by atoms with Crippen LogP contribution < -0.4 is 10.5 Å². The zero-order valence-electron chi connectivity index (χ0n) is 7.49. The van der Waals surface area contributed by atoms with Gasteiger partial charge in [0.05, 0.1) is 18.4 Å². The highest BCUT2D eigenvalue weighted by Gasteiger charge is 2.04. The second-order valence-electron chi connectivity index (χ2n) is 2.58. The Hall–Kier alpha value is -1.16. The van der Waals surface area contributed by atoms with Crippen LogP contribution in [0.3, 0.4) is 0 Å². The fraction of sp³-hybridized carbons (Fsp3) is 0.333. The second-order valence-corrected chi connectivity index (χ2v) is 3.02. The molecule has 0 aromatic carbocycles. The lowest BCUT2D eigenvalue weighted by Gasteiger charge is -2.08. The quantitative estimate of drug-likeness (QED) is 0.741. The molecule has 0 saturated carbocycles. The Morgan fingerprint density at radius 2 is 2.46 bits per heavy atom. The summed E-state index contributed by atoms with van der Waals surface area (Å²) in [4.78, 5) is 4.28. The molecule has 0 aliphatic carbocycles. The van der Waals surface area contributed by atoms with Crippen LogP contribution in [-0.2, 0) is 0 Å². The molecular formula is C9H12N2OS. The molecule has 0 unspecified atom stereocenters. The summed E-state index contributed by atoms with van der Waals surface area (Å²) in [6.07, 6.45) is 4.23. The minimum atomic E-state index is 0.341. The molecule has 0 aliphatic heterocycles. The van der Waals surface area contributed by atoms with E-state index in [9.17, 15) is 0 Å². The molecule has 1 rings (SSSR count). The van der Waals surface area contributed by atoms with Gasteiger partial charge in [-0.05, 0) is 12.5 Å². The molecule has 0 aliphatic rings. The molecule has 1 heterocycles. The average molecular weight is 196 g/mol. The first-order valence-corrected chi connectivity index (χ1v) is 4.53. The molecule has 4 heteroatoms. The molecule has 2 N–H and O–H groups in total. The van der Waals surface area contributed by atoms with Gasteiger partial charge >= 0.3 is 0 Å². The molecule has 0 radical (unpaired) electrons. The van der Waals surface area contributed by atoms with E-state index in [0.29, 0.717) is 17.3 Å². The summed E-state index contributed by atoms with van der Waals surface area (Å²) in [5.74, 6) is 0.664. The molecule has 0 bridgehead atoms. The van der Waals surface area contributed by atoms with Crippen molar-refractivity contribution in [1.29, 1.82) is 0 Å². The number of thiocarbonyl (C=S) groups is 1. The molecule has 3 nitrogen and oxygen atoms in total. The van der Waals surface area contributed by atoms with Crippen molar-refractivity contribution in [3.8, 4) is 5.75 Å². The van der Waals surface area contributed by atoms with Gasteiger partial charge in [-0.3, -0.25) is 4.98 Å². The Morgan fingerprint density at radius 3 is 3.08 bits per heavy atom. The summed E-state index contributed by atoms with van der Waals surface area (Å²) >= 11 is 4.87. The van der Waals surface area contributed by atoms with Crippen molar-refractivity contribution < 1.29 is 4.74 Å². The molecule has 70 valence electrons. The van der Waals surface area contributed by atoms with Gasteiger partial charge in [-0.2, -0.15) is 0 Å². The molecule has 1 aromatic rings. The van der Waals surface area contributed by atoms with Crippen LogP contribution in [-0.4, -0.2) is 16.6 Å². The smallest absolute Gasteiger partial charge is 0.147 e. The van der Waals surface area contributed by atoms with Crippen LogP contribution >= 0.6 is 12.2 Å². The van der Waals surface area contributed by atoms with Gasteiger partial charge in [-0.25, -0.2) is 0 Å². The first-order chi connectivity index (χ1) is 6.25. The maximum atomic E-state index is 5.51. The number of pyridine rings is 1. The predicted molar refractivity (Wildman–Crippen MR) is 55.9 cm³/mol. The normalized spacial score (nSPS) is 9.62. The highest BCUT2D eigenvalue weighted by molar-refractivity contribution is 7.80. The molecule has 0 spiro atoms. The molecule has 0 atom stereocenters. The number of nitrogens with two attached hydrogens (primary N) is 1. The molecule has 1 aromatic heterocycles. The highest BCUT2D eigenvalue weighted by atomic mass is 32.1. The third-order valence-electron chi connectivity index (χ3n) is 1.51. The van der Waals surface area contributed by atoms with Crippen molar-refractivity contribution >= 4 is 17.2 Å². The van der Waals surface area contributed by atoms with E-state index in [1.54, 1.807) is 18.5 Å². The molecular weight excluding hydrogens is 184 g/mol. The van der Waals surface area contributed by atoms with Crippen LogP contribution in [0, 0.1) is 0 Å². The Morgan fingerprint density at radius 1 is 1.69 bits per heavy atom. The number of rotatable bonds is 4. The number of aromatic nitrogens is 1. The van der Waals surface area contributed by atoms with Crippen LogP contribution in [0.5, 0.6) is 5.75 Å². The fourth-order valence-electron chi connectivity index (χ4n) is 0.911. The zero-order chi connectivity index (χ0) is 9.68. The van der Waals surface area contributed by atoms with Gasteiger partial charge in [0.25, 0.3) is 0 Å². The summed E-state index contributed by atoms with van der Waals surface area (Å²) in [6, 6.07) is 1.76. The molecule has 0 amide bonds. The Labute approximate surface area is 82.9 Å². The summed E-state index contributed by atoms with van der Waals surface area (Å²) in [5.41, 5.74) is 6.26. The van der Waals surface area contributed by atoms with Gasteiger partial charge in [0, 0.05) is 6.20 Å². The maximum absolute atomic E-state index is 5.51. The molecule has 0 fully saturated rings. The van der Waals surface area contributed by atoms with Crippen molar-refractivity contribution in [2.75, 3.05) is 6.61 Å². The first kappa shape index (κ1) is 9.92. The van der Waals surface area contributed by atoms with Crippen LogP contribution in [0.25, 0.3) is 0 Å². The molecule has 13 heavy (non-hydrogen) atoms. The minimum Gasteiger partial charge on any atom is -0.491 e. The number of hydrogen-bond donors (Lipinski definition) is 1. The van der Waals surface area contributed by atoms with Gasteiger partial charge in [-0.1, -0.05) is 19.1 Å². The fourth-order valence-corrected chi connectivity index (χ4v) is 1.08. The van der Waals surface area contributed by atoms with Crippen molar-refractivity contribution in [2.24, 2.45) is 5.73 Å². The number of ether oxygens (including phenoxy) is 1. The first-order valence-electron chi connectivity index (χ1n) is 4.12. The van der Waals surface area contributed by atoms with Crippen molar-refractivity contribution in [3.63, 3.8) is 0 Å². The van der Waals surface area contributed by atoms with Gasteiger partial charge in [0.15, 0.2) is 0 Å². The predicted octanol–water partition coefficient (Wildman–Crippen LogP) is 1.50. The van der Waals surface area contributed by atoms with Crippen LogP contribution in [0.1, 0.15) is 18.9 Å². The monoisotopic (exact) mass is 196 g/mol. The van der Waals surface area contributed by atoms with E-state index >= 15 is 0 Å². The van der Waals surface area contributed by atoms with Gasteiger partial charge in [0.2, 0.25) is 0 Å². The second kappa shape index (κ2) is 4.77. The van der Waals surface area contributed by atoms with E-state index in [1.165, 1.54) is 0 Å². The van der Waals surface area contributed by atoms with Crippen molar-refractivity contribution in [2.45, 2.75) is 13.3 Å². The summed E-state index contributed by atoms with van der Waals surface area (Å²) < 4.78 is 5.42. The van der Waals surface area contributed by atoms with Gasteiger partial charge in [0.1, 0.15) is 10.7 Å². The summed E-state index contributed by atoms with van der Waals surface area (Å²) in [7, 11) is 0. The number of nitrogens with zero attached hydrogens (tertiary/aromatic N) is 1. The van der Waals surface area contributed by atoms with E-state index in [4.69, 9.17) is 22.7 Å². The van der Waals surface area contributed by atoms with Gasteiger partial charge in [-0.15, -0.1) is 0 Å². The Kier molecular flexibility index (Phi) is 3.64. The van der Waals surface area contributed by atoms with E-state index in [0.717, 1.165) is 12.0 Å². The Bertz CT molecular complexity index is 301. The third kappa shape index (κ3) is 2.66. The van der Waals surface area contributed by atoms with Crippen molar-refractivity contribution in [3.05, 3.63) is 24.0 Å². The zero-order valence-corrected chi connectivity index (χ0v) is 8.30. The third-order valence-corrected chi connectivity index (χ3v) is 1.73. The standard InChI is InChI=1S/C9H12N2OS/c1-2-5-12-8-6-11-4-3-7(8)9(10)13/h3-4,6H,2,5H2,1H3,(H2,10,13). The largest absolute Gasteiger partial charge is 0.491 e. The lowest BCUT2D eigenvalue weighted by atomic mass is 10.2. The van der Waals surface area contributed by atoms with Crippen LogP contribution in [0.4, 0.5) is 0 Å². The van der Waals surface area contributed by atoms with E-state index in [-0.39, 0.29) is 0 Å². The maximum Gasteiger partial charge on any atom is 0.147 e. The van der Waals surface area contributed by atoms with E-state index in [1.807, 2.05) is 6.92 Å². The topological polar surface area (TPSA) is 48.1 Å². The van der Waals surface area contributed by atoms with Crippen LogP contribution in [0.2, 0.25) is 0 Å². The minimum absolute atomic E-state index is 0.341. The lowest BCUT2D eigenvalue weighted by Crippen LogP contribution is -2.12. The van der Waals surface area contributed by atoms with Gasteiger partial charge < -0.3 is 10.5 Å². The SMILES string of the molecule is CCCOc1cnccc1C(N)=S. The van der Waals surface area contributed by atoms with E-state index < -0.39 is 0 Å².